The third kappa shape index (κ3) is 10.8. The molecule has 1 aromatic heterocycles. The number of carbonyl (C=O) groups is 4. The second kappa shape index (κ2) is 15.1. The highest BCUT2D eigenvalue weighted by Gasteiger charge is 2.32. The number of imidazole rings is 1. The number of carbonyl (C=O) groups excluding carboxylic acids is 3. The topological polar surface area (TPSA) is 226 Å². The highest BCUT2D eigenvalue weighted by molar-refractivity contribution is 5.94. The summed E-state index contributed by atoms with van der Waals surface area (Å²) in [7, 11) is 0. The summed E-state index contributed by atoms with van der Waals surface area (Å²) < 4.78 is 0. The van der Waals surface area contributed by atoms with Crippen LogP contribution in [0.2, 0.25) is 0 Å². The summed E-state index contributed by atoms with van der Waals surface area (Å²) in [5, 5.41) is 27.0. The van der Waals surface area contributed by atoms with Crippen molar-refractivity contribution < 1.29 is 29.4 Å². The van der Waals surface area contributed by atoms with Crippen molar-refractivity contribution in [2.75, 3.05) is 6.54 Å². The molecule has 0 aliphatic carbocycles. The quantitative estimate of drug-likeness (QED) is 0.123. The van der Waals surface area contributed by atoms with E-state index in [1.54, 1.807) is 0 Å². The Bertz CT molecular complexity index is 815. The van der Waals surface area contributed by atoms with Crippen LogP contribution in [0.25, 0.3) is 0 Å². The molecular weight excluding hydrogens is 458 g/mol. The number of nitrogens with two attached hydrogens (primary N) is 2. The van der Waals surface area contributed by atoms with Crippen molar-refractivity contribution in [3.63, 3.8) is 0 Å². The van der Waals surface area contributed by atoms with Crippen LogP contribution in [0.3, 0.4) is 0 Å². The molecule has 0 aliphatic rings. The maximum absolute atomic E-state index is 12.9. The molecule has 0 spiro atoms. The molecule has 10 N–H and O–H groups in total. The van der Waals surface area contributed by atoms with Crippen LogP contribution in [0.4, 0.5) is 0 Å². The van der Waals surface area contributed by atoms with Gasteiger partial charge in [0.1, 0.15) is 18.1 Å². The number of unbranched alkanes of at least 4 members (excludes halogenated alkanes) is 1. The van der Waals surface area contributed by atoms with Gasteiger partial charge in [-0.15, -0.1) is 0 Å². The Morgan fingerprint density at radius 1 is 1.03 bits per heavy atom. The molecule has 13 nitrogen and oxygen atoms in total. The normalized spacial score (nSPS) is 15.5. The summed E-state index contributed by atoms with van der Waals surface area (Å²) in [6.07, 6.45) is 3.30. The molecule has 0 saturated carbocycles. The number of carboxylic acid groups (broad SMARTS) is 1. The summed E-state index contributed by atoms with van der Waals surface area (Å²) in [6, 6.07) is -4.60. The fraction of sp³-hybridized carbons (Fsp3) is 0.682. The van der Waals surface area contributed by atoms with Crippen molar-refractivity contribution in [1.29, 1.82) is 0 Å². The first-order valence-electron chi connectivity index (χ1n) is 11.7. The monoisotopic (exact) mass is 497 g/mol. The van der Waals surface area contributed by atoms with Crippen LogP contribution in [0.1, 0.15) is 52.1 Å². The number of aliphatic hydroxyl groups is 1. The van der Waals surface area contributed by atoms with E-state index in [2.05, 4.69) is 25.9 Å². The molecule has 198 valence electrons. The molecule has 1 rings (SSSR count). The largest absolute Gasteiger partial charge is 0.480 e. The molecule has 0 radical (unpaired) electrons. The van der Waals surface area contributed by atoms with Crippen LogP contribution >= 0.6 is 0 Å². The van der Waals surface area contributed by atoms with Crippen molar-refractivity contribution >= 4 is 23.7 Å². The first-order chi connectivity index (χ1) is 16.5. The van der Waals surface area contributed by atoms with Crippen molar-refractivity contribution in [3.05, 3.63) is 18.2 Å². The summed E-state index contributed by atoms with van der Waals surface area (Å²) in [5.74, 6) is -3.31. The predicted octanol–water partition coefficient (Wildman–Crippen LogP) is -1.63. The third-order valence-corrected chi connectivity index (χ3v) is 5.30. The molecule has 0 fully saturated rings. The van der Waals surface area contributed by atoms with Crippen LogP contribution in [0.5, 0.6) is 0 Å². The highest BCUT2D eigenvalue weighted by Crippen LogP contribution is 2.08. The molecular formula is C22H39N7O6. The second-order valence-corrected chi connectivity index (χ2v) is 8.99. The molecule has 0 saturated heterocycles. The number of nitrogens with zero attached hydrogens (tertiary/aromatic N) is 1. The Labute approximate surface area is 204 Å². The SMILES string of the molecule is CC(C)CC(NC(=O)C(CCCCN)NC(=O)C(NC(=O)C(N)Cc1cnc[nH]1)C(C)O)C(=O)O. The van der Waals surface area contributed by atoms with E-state index in [1.165, 1.54) is 19.4 Å². The third-order valence-electron chi connectivity index (χ3n) is 5.30. The number of aromatic nitrogens is 2. The lowest BCUT2D eigenvalue weighted by Crippen LogP contribution is -2.60. The van der Waals surface area contributed by atoms with Crippen molar-refractivity contribution in [3.8, 4) is 0 Å². The number of hydrogen-bond acceptors (Lipinski definition) is 8. The van der Waals surface area contributed by atoms with E-state index in [0.717, 1.165) is 0 Å². The molecule has 1 aromatic rings. The van der Waals surface area contributed by atoms with Gasteiger partial charge in [0, 0.05) is 18.3 Å². The molecule has 5 atom stereocenters. The van der Waals surface area contributed by atoms with E-state index in [-0.39, 0.29) is 25.2 Å². The van der Waals surface area contributed by atoms with Crippen LogP contribution in [-0.2, 0) is 25.6 Å². The fourth-order valence-electron chi connectivity index (χ4n) is 3.38. The van der Waals surface area contributed by atoms with E-state index in [1.807, 2.05) is 13.8 Å². The summed E-state index contributed by atoms with van der Waals surface area (Å²) in [4.78, 5) is 56.6. The molecule has 35 heavy (non-hydrogen) atoms. The van der Waals surface area contributed by atoms with Gasteiger partial charge in [0.25, 0.3) is 0 Å². The lowest BCUT2D eigenvalue weighted by atomic mass is 10.0. The molecule has 5 unspecified atom stereocenters. The lowest BCUT2D eigenvalue weighted by Gasteiger charge is -2.26. The highest BCUT2D eigenvalue weighted by atomic mass is 16.4. The fourth-order valence-corrected chi connectivity index (χ4v) is 3.38. The number of nitrogens with one attached hydrogen (secondary N) is 4. The Balaban J connectivity index is 2.90. The van der Waals surface area contributed by atoms with Crippen molar-refractivity contribution in [2.24, 2.45) is 17.4 Å². The molecule has 13 heteroatoms. The van der Waals surface area contributed by atoms with Gasteiger partial charge in [0.2, 0.25) is 17.7 Å². The first-order valence-corrected chi connectivity index (χ1v) is 11.7. The standard InChI is InChI=1S/C22H39N7O6/c1-12(2)8-17(22(34)35)28-20(32)16(6-4-5-7-23)27-21(33)18(13(3)30)29-19(31)15(24)9-14-10-25-11-26-14/h10-13,15-18,30H,4-9,23-24H2,1-3H3,(H,25,26)(H,27,33)(H,28,32)(H,29,31)(H,34,35). The minimum absolute atomic E-state index is 0.0162. The summed E-state index contributed by atoms with van der Waals surface area (Å²) >= 11 is 0. The van der Waals surface area contributed by atoms with Gasteiger partial charge in [-0.3, -0.25) is 14.4 Å². The van der Waals surface area contributed by atoms with Crippen LogP contribution in [-0.4, -0.2) is 80.7 Å². The Hall–Kier alpha value is -3.03. The minimum Gasteiger partial charge on any atom is -0.480 e. The lowest BCUT2D eigenvalue weighted by molar-refractivity contribution is -0.143. The van der Waals surface area contributed by atoms with Gasteiger partial charge in [-0.25, -0.2) is 9.78 Å². The van der Waals surface area contributed by atoms with E-state index >= 15 is 0 Å². The smallest absolute Gasteiger partial charge is 0.326 e. The van der Waals surface area contributed by atoms with E-state index in [4.69, 9.17) is 11.5 Å². The molecule has 1 heterocycles. The van der Waals surface area contributed by atoms with E-state index in [9.17, 15) is 29.4 Å². The number of carboxylic acids is 1. The van der Waals surface area contributed by atoms with Gasteiger partial charge < -0.3 is 42.6 Å². The number of hydrogen-bond donors (Lipinski definition) is 8. The molecule has 3 amide bonds. The number of rotatable bonds is 16. The number of aliphatic carboxylic acids is 1. The van der Waals surface area contributed by atoms with Gasteiger partial charge in [-0.05, 0) is 45.1 Å². The van der Waals surface area contributed by atoms with Gasteiger partial charge in [0.05, 0.1) is 18.5 Å². The maximum Gasteiger partial charge on any atom is 0.326 e. The number of H-pyrrole nitrogens is 1. The van der Waals surface area contributed by atoms with Crippen molar-refractivity contribution in [1.82, 2.24) is 25.9 Å². The summed E-state index contributed by atoms with van der Waals surface area (Å²) in [6.45, 7) is 5.36. The first kappa shape index (κ1) is 30.0. The zero-order valence-electron chi connectivity index (χ0n) is 20.5. The van der Waals surface area contributed by atoms with Crippen molar-refractivity contribution in [2.45, 2.75) is 83.1 Å². The zero-order chi connectivity index (χ0) is 26.5. The average Bonchev–Trinajstić information content (AvgIpc) is 3.28. The van der Waals surface area contributed by atoms with Gasteiger partial charge in [0.15, 0.2) is 0 Å². The van der Waals surface area contributed by atoms with Crippen LogP contribution < -0.4 is 27.4 Å². The Kier molecular flexibility index (Phi) is 12.9. The average molecular weight is 498 g/mol. The molecule has 0 aromatic carbocycles. The zero-order valence-corrected chi connectivity index (χ0v) is 20.5. The van der Waals surface area contributed by atoms with Gasteiger partial charge in [-0.1, -0.05) is 13.8 Å². The van der Waals surface area contributed by atoms with Gasteiger partial charge in [-0.2, -0.15) is 0 Å². The van der Waals surface area contributed by atoms with Crippen LogP contribution in [0.15, 0.2) is 12.5 Å². The molecule has 0 aliphatic heterocycles. The number of aromatic amines is 1. The number of aliphatic hydroxyl groups excluding tert-OH is 1. The van der Waals surface area contributed by atoms with Gasteiger partial charge >= 0.3 is 5.97 Å². The number of amides is 3. The van der Waals surface area contributed by atoms with E-state index < -0.39 is 54.0 Å². The maximum atomic E-state index is 12.9. The second-order valence-electron chi connectivity index (χ2n) is 8.99. The summed E-state index contributed by atoms with van der Waals surface area (Å²) in [5.41, 5.74) is 12.1. The Morgan fingerprint density at radius 2 is 1.69 bits per heavy atom. The minimum atomic E-state index is -1.38. The van der Waals surface area contributed by atoms with E-state index in [0.29, 0.717) is 25.1 Å². The molecule has 0 bridgehead atoms. The Morgan fingerprint density at radius 3 is 2.20 bits per heavy atom. The van der Waals surface area contributed by atoms with Crippen LogP contribution in [0, 0.1) is 5.92 Å². The predicted molar refractivity (Wildman–Crippen MR) is 128 cm³/mol.